The molecule has 1 saturated heterocycles. The van der Waals surface area contributed by atoms with Gasteiger partial charge < -0.3 is 10.3 Å². The lowest BCUT2D eigenvalue weighted by atomic mass is 10.1. The predicted molar refractivity (Wildman–Crippen MR) is 71.3 cm³/mol. The molecule has 110 valence electrons. The van der Waals surface area contributed by atoms with E-state index in [4.69, 9.17) is 10.3 Å². The van der Waals surface area contributed by atoms with Crippen molar-refractivity contribution in [3.05, 3.63) is 29.7 Å². The van der Waals surface area contributed by atoms with Gasteiger partial charge in [-0.2, -0.15) is 10.1 Å². The van der Waals surface area contributed by atoms with Crippen LogP contribution in [0, 0.1) is 0 Å². The fraction of sp³-hybridized carbons (Fsp3) is 0.538. The molecule has 8 heteroatoms. The number of primary amides is 1. The van der Waals surface area contributed by atoms with Crippen LogP contribution >= 0.6 is 0 Å². The monoisotopic (exact) mass is 288 g/mol. The standard InChI is InChI=1S/C13H16N6O2/c14-12(20)9-3-15-19(4-9)10-5-18(6-10)7-11-16-13(21-17-11)8-1-2-8/h3-4,8,10H,1-2,5-7H2,(H2,14,20). The minimum Gasteiger partial charge on any atom is -0.366 e. The lowest BCUT2D eigenvalue weighted by Gasteiger charge is -2.38. The van der Waals surface area contributed by atoms with Crippen molar-refractivity contribution >= 4 is 5.91 Å². The highest BCUT2D eigenvalue weighted by molar-refractivity contribution is 5.92. The van der Waals surface area contributed by atoms with Crippen LogP contribution in [0.4, 0.5) is 0 Å². The molecule has 8 nitrogen and oxygen atoms in total. The third kappa shape index (κ3) is 2.42. The van der Waals surface area contributed by atoms with Crippen molar-refractivity contribution in [1.82, 2.24) is 24.8 Å². The second-order valence-corrected chi connectivity index (χ2v) is 5.74. The van der Waals surface area contributed by atoms with E-state index in [-0.39, 0.29) is 6.04 Å². The SMILES string of the molecule is NC(=O)c1cnn(C2CN(Cc3noc(C4CC4)n3)C2)c1. The van der Waals surface area contributed by atoms with E-state index < -0.39 is 5.91 Å². The van der Waals surface area contributed by atoms with Crippen LogP contribution in [0.2, 0.25) is 0 Å². The van der Waals surface area contributed by atoms with E-state index in [9.17, 15) is 4.79 Å². The fourth-order valence-electron chi connectivity index (χ4n) is 2.53. The molecule has 21 heavy (non-hydrogen) atoms. The lowest BCUT2D eigenvalue weighted by molar-refractivity contribution is 0.0870. The Morgan fingerprint density at radius 1 is 1.43 bits per heavy atom. The number of hydrogen-bond acceptors (Lipinski definition) is 6. The van der Waals surface area contributed by atoms with Gasteiger partial charge in [0.15, 0.2) is 5.82 Å². The van der Waals surface area contributed by atoms with E-state index in [1.807, 2.05) is 0 Å². The van der Waals surface area contributed by atoms with Crippen LogP contribution in [0.5, 0.6) is 0 Å². The first-order valence-corrected chi connectivity index (χ1v) is 7.08. The number of nitrogens with two attached hydrogens (primary N) is 1. The molecule has 0 aromatic carbocycles. The Morgan fingerprint density at radius 2 is 2.24 bits per heavy atom. The van der Waals surface area contributed by atoms with Gasteiger partial charge in [0.2, 0.25) is 5.89 Å². The molecule has 1 aliphatic carbocycles. The average Bonchev–Trinajstić information content (AvgIpc) is 2.98. The summed E-state index contributed by atoms with van der Waals surface area (Å²) in [6.07, 6.45) is 5.53. The van der Waals surface area contributed by atoms with Crippen molar-refractivity contribution in [1.29, 1.82) is 0 Å². The molecule has 3 heterocycles. The summed E-state index contributed by atoms with van der Waals surface area (Å²) < 4.78 is 7.04. The van der Waals surface area contributed by atoms with Crippen molar-refractivity contribution in [2.24, 2.45) is 5.73 Å². The van der Waals surface area contributed by atoms with Gasteiger partial charge in [0.1, 0.15) is 0 Å². The van der Waals surface area contributed by atoms with Crippen molar-refractivity contribution < 1.29 is 9.32 Å². The van der Waals surface area contributed by atoms with E-state index in [0.29, 0.717) is 18.0 Å². The third-order valence-corrected chi connectivity index (χ3v) is 3.97. The second kappa shape index (κ2) is 4.66. The molecule has 0 unspecified atom stereocenters. The largest absolute Gasteiger partial charge is 0.366 e. The number of carbonyl (C=O) groups excluding carboxylic acids is 1. The first-order chi connectivity index (χ1) is 10.2. The molecule has 2 N–H and O–H groups in total. The molecule has 2 aliphatic rings. The molecular formula is C13H16N6O2. The smallest absolute Gasteiger partial charge is 0.251 e. The van der Waals surface area contributed by atoms with Crippen molar-refractivity contribution in [2.45, 2.75) is 31.3 Å². The first-order valence-electron chi connectivity index (χ1n) is 7.08. The predicted octanol–water partition coefficient (Wildman–Crippen LogP) is 0.299. The van der Waals surface area contributed by atoms with Crippen LogP contribution < -0.4 is 5.73 Å². The van der Waals surface area contributed by atoms with Gasteiger partial charge in [-0.05, 0) is 12.8 Å². The summed E-state index contributed by atoms with van der Waals surface area (Å²) in [6, 6.07) is 0.271. The van der Waals surface area contributed by atoms with Gasteiger partial charge in [-0.1, -0.05) is 5.16 Å². The summed E-state index contributed by atoms with van der Waals surface area (Å²) in [5.41, 5.74) is 5.66. The Labute approximate surface area is 120 Å². The summed E-state index contributed by atoms with van der Waals surface area (Å²) in [5.74, 6) is 1.57. The maximum atomic E-state index is 11.0. The molecule has 1 amide bonds. The van der Waals surface area contributed by atoms with Gasteiger partial charge >= 0.3 is 0 Å². The molecule has 0 spiro atoms. The van der Waals surface area contributed by atoms with E-state index >= 15 is 0 Å². The molecule has 1 aliphatic heterocycles. The molecule has 4 rings (SSSR count). The van der Waals surface area contributed by atoms with Gasteiger partial charge in [0.05, 0.1) is 24.3 Å². The van der Waals surface area contributed by atoms with Crippen LogP contribution in [0.3, 0.4) is 0 Å². The van der Waals surface area contributed by atoms with Crippen LogP contribution in [-0.4, -0.2) is 43.8 Å². The topological polar surface area (TPSA) is 103 Å². The van der Waals surface area contributed by atoms with E-state index in [2.05, 4.69) is 20.1 Å². The van der Waals surface area contributed by atoms with Crippen LogP contribution in [-0.2, 0) is 6.54 Å². The Balaban J connectivity index is 1.32. The van der Waals surface area contributed by atoms with Crippen LogP contribution in [0.25, 0.3) is 0 Å². The third-order valence-electron chi connectivity index (χ3n) is 3.97. The molecular weight excluding hydrogens is 272 g/mol. The van der Waals surface area contributed by atoms with Crippen molar-refractivity contribution in [3.8, 4) is 0 Å². The number of carbonyl (C=O) groups is 1. The van der Waals surface area contributed by atoms with Gasteiger partial charge in [-0.15, -0.1) is 0 Å². The molecule has 2 aromatic rings. The minimum atomic E-state index is -0.447. The molecule has 0 radical (unpaired) electrons. The van der Waals surface area contributed by atoms with Crippen molar-refractivity contribution in [3.63, 3.8) is 0 Å². The van der Waals surface area contributed by atoms with Gasteiger partial charge in [-0.3, -0.25) is 14.4 Å². The fourth-order valence-corrected chi connectivity index (χ4v) is 2.53. The van der Waals surface area contributed by atoms with Crippen LogP contribution in [0.1, 0.15) is 46.9 Å². The number of nitrogens with zero attached hydrogens (tertiary/aromatic N) is 5. The zero-order valence-corrected chi connectivity index (χ0v) is 11.5. The Morgan fingerprint density at radius 3 is 2.90 bits per heavy atom. The van der Waals surface area contributed by atoms with E-state index in [1.54, 1.807) is 10.9 Å². The average molecular weight is 288 g/mol. The van der Waals surface area contributed by atoms with Gasteiger partial charge in [-0.25, -0.2) is 0 Å². The highest BCUT2D eigenvalue weighted by atomic mass is 16.5. The van der Waals surface area contributed by atoms with Crippen LogP contribution in [0.15, 0.2) is 16.9 Å². The molecule has 2 aromatic heterocycles. The highest BCUT2D eigenvalue weighted by Crippen LogP contribution is 2.38. The summed E-state index contributed by atoms with van der Waals surface area (Å²) in [5, 5.41) is 8.19. The van der Waals surface area contributed by atoms with E-state index in [1.165, 1.54) is 6.20 Å². The molecule has 0 atom stereocenters. The van der Waals surface area contributed by atoms with Gasteiger partial charge in [0.25, 0.3) is 5.91 Å². The Hall–Kier alpha value is -2.22. The molecule has 0 bridgehead atoms. The summed E-state index contributed by atoms with van der Waals surface area (Å²) in [7, 11) is 0. The summed E-state index contributed by atoms with van der Waals surface area (Å²) in [6.45, 7) is 2.40. The second-order valence-electron chi connectivity index (χ2n) is 5.74. The van der Waals surface area contributed by atoms with E-state index in [0.717, 1.165) is 37.6 Å². The quantitative estimate of drug-likeness (QED) is 0.848. The Bertz CT molecular complexity index is 668. The Kier molecular flexibility index (Phi) is 2.78. The number of rotatable bonds is 5. The van der Waals surface area contributed by atoms with Gasteiger partial charge in [0, 0.05) is 25.2 Å². The number of hydrogen-bond donors (Lipinski definition) is 1. The maximum Gasteiger partial charge on any atom is 0.251 e. The number of amides is 1. The lowest BCUT2D eigenvalue weighted by Crippen LogP contribution is -2.47. The summed E-state index contributed by atoms with van der Waals surface area (Å²) in [4.78, 5) is 17.7. The highest BCUT2D eigenvalue weighted by Gasteiger charge is 2.32. The number of aromatic nitrogens is 4. The molecule has 1 saturated carbocycles. The number of likely N-dealkylation sites (tertiary alicyclic amines) is 1. The zero-order valence-electron chi connectivity index (χ0n) is 11.5. The zero-order chi connectivity index (χ0) is 14.4. The minimum absolute atomic E-state index is 0.271. The van der Waals surface area contributed by atoms with Crippen molar-refractivity contribution in [2.75, 3.05) is 13.1 Å². The summed E-state index contributed by atoms with van der Waals surface area (Å²) >= 11 is 0. The molecule has 2 fully saturated rings. The maximum absolute atomic E-state index is 11.0. The first kappa shape index (κ1) is 12.5. The normalized spacial score (nSPS) is 19.6.